The summed E-state index contributed by atoms with van der Waals surface area (Å²) >= 11 is 0.966. The number of anilines is 1. The van der Waals surface area contributed by atoms with Gasteiger partial charge in [-0.15, -0.1) is 10.2 Å². The van der Waals surface area contributed by atoms with Crippen molar-refractivity contribution in [3.63, 3.8) is 0 Å². The molecule has 0 fully saturated rings. The predicted molar refractivity (Wildman–Crippen MR) is 51.9 cm³/mol. The van der Waals surface area contributed by atoms with Gasteiger partial charge < -0.3 is 5.73 Å². The van der Waals surface area contributed by atoms with Crippen LogP contribution in [-0.2, 0) is 4.79 Å². The Morgan fingerprint density at radius 3 is 2.38 bits per heavy atom. The Labute approximate surface area is 92.9 Å². The van der Waals surface area contributed by atoms with Crippen LogP contribution in [0.1, 0.15) is 11.9 Å². The van der Waals surface area contributed by atoms with Crippen molar-refractivity contribution in [1.82, 2.24) is 10.2 Å². The minimum Gasteiger partial charge on any atom is -0.310 e. The molecule has 1 rings (SSSR count). The van der Waals surface area contributed by atoms with Crippen LogP contribution >= 0.6 is 11.3 Å². The predicted octanol–water partition coefficient (Wildman–Crippen LogP) is 1.06. The normalized spacial score (nSPS) is 15.6. The molecule has 0 saturated carbocycles. The lowest BCUT2D eigenvalue weighted by molar-refractivity contribution is -0.184. The maximum absolute atomic E-state index is 12.4. The Hall–Kier alpha value is -1.22. The van der Waals surface area contributed by atoms with Crippen molar-refractivity contribution in [2.45, 2.75) is 25.6 Å². The van der Waals surface area contributed by atoms with Gasteiger partial charge in [0.25, 0.3) is 5.91 Å². The zero-order valence-electron chi connectivity index (χ0n) is 8.42. The number of nitrogens with zero attached hydrogens (tertiary/aromatic N) is 2. The summed E-state index contributed by atoms with van der Waals surface area (Å²) in [7, 11) is 0. The van der Waals surface area contributed by atoms with Gasteiger partial charge in [0.1, 0.15) is 5.01 Å². The van der Waals surface area contributed by atoms with E-state index in [0.29, 0.717) is 11.9 Å². The van der Waals surface area contributed by atoms with Gasteiger partial charge in [-0.25, -0.2) is 0 Å². The Morgan fingerprint density at radius 1 is 1.44 bits per heavy atom. The molecule has 5 nitrogen and oxygen atoms in total. The number of nitrogens with two attached hydrogens (primary N) is 1. The number of aromatic nitrogens is 2. The molecule has 1 heterocycles. The quantitative estimate of drug-likeness (QED) is 0.827. The van der Waals surface area contributed by atoms with Crippen molar-refractivity contribution in [2.75, 3.05) is 5.32 Å². The number of aryl methyl sites for hydroxylation is 1. The molecule has 0 spiro atoms. The molecule has 1 aromatic rings. The van der Waals surface area contributed by atoms with Crippen molar-refractivity contribution in [3.8, 4) is 0 Å². The maximum atomic E-state index is 12.4. The third-order valence-corrected chi connectivity index (χ3v) is 2.56. The Morgan fingerprint density at radius 2 is 2.00 bits per heavy atom. The maximum Gasteiger partial charge on any atom is 0.415 e. The van der Waals surface area contributed by atoms with Crippen molar-refractivity contribution in [3.05, 3.63) is 5.01 Å². The smallest absolute Gasteiger partial charge is 0.310 e. The summed E-state index contributed by atoms with van der Waals surface area (Å²) in [4.78, 5) is 11.3. The van der Waals surface area contributed by atoms with Crippen LogP contribution in [0.2, 0.25) is 0 Å². The lowest BCUT2D eigenvalue weighted by Gasteiger charge is -2.25. The number of alkyl halides is 3. The fraction of sp³-hybridized carbons (Fsp3) is 0.571. The van der Waals surface area contributed by atoms with Crippen LogP contribution in [0, 0.1) is 6.92 Å². The van der Waals surface area contributed by atoms with Gasteiger partial charge in [0.15, 0.2) is 5.54 Å². The second-order valence-corrected chi connectivity index (χ2v) is 4.46. The monoisotopic (exact) mass is 254 g/mol. The molecular weight excluding hydrogens is 245 g/mol. The van der Waals surface area contributed by atoms with Gasteiger partial charge in [0.2, 0.25) is 5.13 Å². The first kappa shape index (κ1) is 12.8. The summed E-state index contributed by atoms with van der Waals surface area (Å²) in [6, 6.07) is 0. The van der Waals surface area contributed by atoms with Gasteiger partial charge in [-0.05, 0) is 13.8 Å². The molecule has 16 heavy (non-hydrogen) atoms. The molecule has 0 aromatic carbocycles. The molecule has 9 heteroatoms. The van der Waals surface area contributed by atoms with Crippen molar-refractivity contribution in [2.24, 2.45) is 5.73 Å². The van der Waals surface area contributed by atoms with Crippen LogP contribution < -0.4 is 11.1 Å². The Kier molecular flexibility index (Phi) is 3.20. The van der Waals surface area contributed by atoms with E-state index in [1.54, 1.807) is 6.92 Å². The third-order valence-electron chi connectivity index (χ3n) is 1.81. The number of carbonyl (C=O) groups is 1. The standard InChI is InChI=1S/C7H9F3N4OS/c1-3-13-14-5(16-3)12-4(15)6(2,11)7(8,9)10/h11H2,1-2H3,(H,12,14,15). The number of rotatable bonds is 2. The van der Waals surface area contributed by atoms with Crippen LogP contribution in [-0.4, -0.2) is 27.8 Å². The van der Waals surface area contributed by atoms with E-state index in [4.69, 9.17) is 5.73 Å². The molecule has 1 aromatic heterocycles. The SMILES string of the molecule is Cc1nnc(NC(=O)C(C)(N)C(F)(F)F)s1. The highest BCUT2D eigenvalue weighted by Gasteiger charge is 2.54. The Balaban J connectivity index is 2.80. The van der Waals surface area contributed by atoms with E-state index in [0.717, 1.165) is 11.3 Å². The molecule has 0 aliphatic rings. The van der Waals surface area contributed by atoms with Gasteiger partial charge in [0, 0.05) is 0 Å². The number of amides is 1. The molecule has 3 N–H and O–H groups in total. The highest BCUT2D eigenvalue weighted by atomic mass is 32.1. The zero-order valence-corrected chi connectivity index (χ0v) is 9.24. The number of nitrogens with one attached hydrogen (secondary N) is 1. The van der Waals surface area contributed by atoms with E-state index >= 15 is 0 Å². The van der Waals surface area contributed by atoms with Crippen molar-refractivity contribution >= 4 is 22.4 Å². The van der Waals surface area contributed by atoms with Crippen LogP contribution in [0.15, 0.2) is 0 Å². The van der Waals surface area contributed by atoms with E-state index in [2.05, 4.69) is 10.2 Å². The molecule has 1 atom stereocenters. The summed E-state index contributed by atoms with van der Waals surface area (Å²) in [6.07, 6.45) is -4.82. The first-order chi connectivity index (χ1) is 7.14. The van der Waals surface area contributed by atoms with Crippen LogP contribution in [0.25, 0.3) is 0 Å². The van der Waals surface area contributed by atoms with E-state index < -0.39 is 17.6 Å². The highest BCUT2D eigenvalue weighted by Crippen LogP contribution is 2.29. The first-order valence-corrected chi connectivity index (χ1v) is 4.93. The fourth-order valence-electron chi connectivity index (χ4n) is 0.703. The van der Waals surface area contributed by atoms with E-state index in [-0.39, 0.29) is 5.13 Å². The lowest BCUT2D eigenvalue weighted by Crippen LogP contribution is -2.59. The minimum absolute atomic E-state index is 0.0107. The van der Waals surface area contributed by atoms with Crippen LogP contribution in [0.4, 0.5) is 18.3 Å². The number of halogens is 3. The molecule has 0 saturated heterocycles. The van der Waals surface area contributed by atoms with Crippen molar-refractivity contribution in [1.29, 1.82) is 0 Å². The lowest BCUT2D eigenvalue weighted by atomic mass is 10.0. The van der Waals surface area contributed by atoms with Crippen molar-refractivity contribution < 1.29 is 18.0 Å². The second-order valence-electron chi connectivity index (χ2n) is 3.28. The van der Waals surface area contributed by atoms with Gasteiger partial charge in [0.05, 0.1) is 0 Å². The Bertz CT molecular complexity index is 401. The number of carbonyl (C=O) groups excluding carboxylic acids is 1. The fourth-order valence-corrected chi connectivity index (χ4v) is 1.29. The van der Waals surface area contributed by atoms with Crippen LogP contribution in [0.5, 0.6) is 0 Å². The van der Waals surface area contributed by atoms with Gasteiger partial charge >= 0.3 is 6.18 Å². The molecule has 90 valence electrons. The largest absolute Gasteiger partial charge is 0.415 e. The summed E-state index contributed by atoms with van der Waals surface area (Å²) in [5.41, 5.74) is 1.96. The summed E-state index contributed by atoms with van der Waals surface area (Å²) in [6.45, 7) is 2.20. The third kappa shape index (κ3) is 2.47. The first-order valence-electron chi connectivity index (χ1n) is 4.12. The van der Waals surface area contributed by atoms with E-state index in [1.807, 2.05) is 5.32 Å². The molecule has 0 aliphatic carbocycles. The number of hydrogen-bond acceptors (Lipinski definition) is 5. The highest BCUT2D eigenvalue weighted by molar-refractivity contribution is 7.15. The molecule has 0 radical (unpaired) electrons. The molecule has 0 bridgehead atoms. The van der Waals surface area contributed by atoms with Gasteiger partial charge in [-0.3, -0.25) is 10.1 Å². The van der Waals surface area contributed by atoms with Crippen LogP contribution in [0.3, 0.4) is 0 Å². The number of hydrogen-bond donors (Lipinski definition) is 2. The van der Waals surface area contributed by atoms with E-state index in [1.165, 1.54) is 0 Å². The zero-order chi connectivity index (χ0) is 12.6. The topological polar surface area (TPSA) is 80.9 Å². The van der Waals surface area contributed by atoms with E-state index in [9.17, 15) is 18.0 Å². The summed E-state index contributed by atoms with van der Waals surface area (Å²) < 4.78 is 37.1. The van der Waals surface area contributed by atoms with Gasteiger partial charge in [-0.1, -0.05) is 11.3 Å². The average molecular weight is 254 g/mol. The second kappa shape index (κ2) is 3.98. The minimum atomic E-state index is -4.82. The average Bonchev–Trinajstić information content (AvgIpc) is 2.49. The molecule has 1 amide bonds. The summed E-state index contributed by atoms with van der Waals surface area (Å²) in [5.74, 6) is -1.36. The summed E-state index contributed by atoms with van der Waals surface area (Å²) in [5, 5.41) is 9.50. The molecular formula is C7H9F3N4OS. The molecule has 1 unspecified atom stereocenters. The van der Waals surface area contributed by atoms with Gasteiger partial charge in [-0.2, -0.15) is 13.2 Å². The molecule has 0 aliphatic heterocycles.